The minimum atomic E-state index is -1.33. The molecule has 0 saturated carbocycles. The lowest BCUT2D eigenvalue weighted by Gasteiger charge is -2.20. The number of aliphatic carboxylic acids is 1. The standard InChI is InChI=1S/C11H21N5O6/c1-11(2,3)22-10(19)14-9(12)13-6-4-5-7(8(17)18)15-16(20)21/h7,15H,4-6H2,1-3H3,(H,17,18)(H3,12,13,14,19)/t7-/m0/s1. The number of nitrogens with one attached hydrogen (secondary N) is 4. The number of amides is 1. The third kappa shape index (κ3) is 10.2. The topological polar surface area (TPSA) is 167 Å². The molecular formula is C11H21N5O6. The maximum Gasteiger partial charge on any atom is 0.414 e. The molecule has 0 aromatic rings. The molecular weight excluding hydrogens is 298 g/mol. The maximum absolute atomic E-state index is 11.3. The fraction of sp³-hybridized carbons (Fsp3) is 0.727. The van der Waals surface area contributed by atoms with E-state index in [2.05, 4.69) is 10.6 Å². The molecule has 0 aliphatic carbocycles. The van der Waals surface area contributed by atoms with E-state index in [0.717, 1.165) is 0 Å². The summed E-state index contributed by atoms with van der Waals surface area (Å²) in [5.41, 5.74) is 0.990. The average molecular weight is 319 g/mol. The third-order valence-electron chi connectivity index (χ3n) is 2.16. The van der Waals surface area contributed by atoms with E-state index >= 15 is 0 Å². The molecule has 0 saturated heterocycles. The largest absolute Gasteiger partial charge is 0.480 e. The monoisotopic (exact) mass is 319 g/mol. The summed E-state index contributed by atoms with van der Waals surface area (Å²) in [6, 6.07) is -1.32. The molecule has 11 heteroatoms. The van der Waals surface area contributed by atoms with Crippen molar-refractivity contribution in [2.24, 2.45) is 0 Å². The quantitative estimate of drug-likeness (QED) is 0.144. The molecule has 1 atom stereocenters. The molecule has 0 spiro atoms. The van der Waals surface area contributed by atoms with Crippen molar-refractivity contribution in [3.8, 4) is 0 Å². The van der Waals surface area contributed by atoms with Crippen LogP contribution in [0.15, 0.2) is 0 Å². The highest BCUT2D eigenvalue weighted by molar-refractivity contribution is 5.92. The minimum Gasteiger partial charge on any atom is -0.480 e. The number of nitro groups is 1. The van der Waals surface area contributed by atoms with Crippen LogP contribution >= 0.6 is 0 Å². The SMILES string of the molecule is CC(C)(C)OC(=O)NC(=N)NCCC[C@H](N[N+](=O)[O-])C(=O)O. The van der Waals surface area contributed by atoms with Gasteiger partial charge in [0, 0.05) is 6.54 Å². The van der Waals surface area contributed by atoms with Gasteiger partial charge in [0.2, 0.25) is 0 Å². The summed E-state index contributed by atoms with van der Waals surface area (Å²) < 4.78 is 4.93. The van der Waals surface area contributed by atoms with E-state index in [1.165, 1.54) is 0 Å². The molecule has 11 nitrogen and oxygen atoms in total. The first-order valence-corrected chi connectivity index (χ1v) is 6.47. The van der Waals surface area contributed by atoms with E-state index in [4.69, 9.17) is 15.3 Å². The Hall–Kier alpha value is -2.59. The number of nitrogens with zero attached hydrogens (tertiary/aromatic N) is 1. The number of guanidine groups is 1. The van der Waals surface area contributed by atoms with Crippen molar-refractivity contribution in [1.82, 2.24) is 16.1 Å². The maximum atomic E-state index is 11.3. The van der Waals surface area contributed by atoms with Gasteiger partial charge in [-0.3, -0.25) is 10.7 Å². The highest BCUT2D eigenvalue weighted by atomic mass is 16.7. The van der Waals surface area contributed by atoms with Crippen LogP contribution in [0, 0.1) is 15.5 Å². The van der Waals surface area contributed by atoms with Crippen LogP contribution in [0.25, 0.3) is 0 Å². The van der Waals surface area contributed by atoms with Gasteiger partial charge >= 0.3 is 12.1 Å². The number of alkyl carbamates (subject to hydrolysis) is 1. The number of carbonyl (C=O) groups excluding carboxylic acids is 1. The fourth-order valence-corrected chi connectivity index (χ4v) is 1.34. The van der Waals surface area contributed by atoms with E-state index in [-0.39, 0.29) is 25.3 Å². The highest BCUT2D eigenvalue weighted by Crippen LogP contribution is 2.06. The molecule has 0 rings (SSSR count). The Labute approximate surface area is 127 Å². The van der Waals surface area contributed by atoms with Crippen molar-refractivity contribution in [3.05, 3.63) is 10.1 Å². The number of carboxylic acids is 1. The van der Waals surface area contributed by atoms with Gasteiger partial charge in [0.1, 0.15) is 5.60 Å². The number of hydrazine groups is 1. The van der Waals surface area contributed by atoms with Crippen LogP contribution in [0.1, 0.15) is 33.6 Å². The Morgan fingerprint density at radius 1 is 1.41 bits per heavy atom. The molecule has 0 aliphatic rings. The van der Waals surface area contributed by atoms with Crippen molar-refractivity contribution >= 4 is 18.0 Å². The van der Waals surface area contributed by atoms with Gasteiger partial charge in [-0.15, -0.1) is 5.43 Å². The number of hydrogen-bond donors (Lipinski definition) is 5. The van der Waals surface area contributed by atoms with Crippen molar-refractivity contribution in [3.63, 3.8) is 0 Å². The van der Waals surface area contributed by atoms with Crippen LogP contribution in [-0.2, 0) is 9.53 Å². The van der Waals surface area contributed by atoms with Crippen LogP contribution < -0.4 is 16.1 Å². The highest BCUT2D eigenvalue weighted by Gasteiger charge is 2.21. The van der Waals surface area contributed by atoms with Crippen LogP contribution in [0.3, 0.4) is 0 Å². The molecule has 0 aliphatic heterocycles. The van der Waals surface area contributed by atoms with E-state index < -0.39 is 28.7 Å². The Morgan fingerprint density at radius 3 is 2.45 bits per heavy atom. The summed E-state index contributed by atoms with van der Waals surface area (Å²) in [5.74, 6) is -1.64. The van der Waals surface area contributed by atoms with Gasteiger partial charge < -0.3 is 15.2 Å². The molecule has 22 heavy (non-hydrogen) atoms. The predicted molar refractivity (Wildman–Crippen MR) is 75.9 cm³/mol. The van der Waals surface area contributed by atoms with Gasteiger partial charge in [0.15, 0.2) is 17.0 Å². The third-order valence-corrected chi connectivity index (χ3v) is 2.16. The molecule has 126 valence electrons. The molecule has 0 fully saturated rings. The number of carbonyl (C=O) groups is 2. The Bertz CT molecular complexity index is 433. The Balaban J connectivity index is 3.99. The van der Waals surface area contributed by atoms with Gasteiger partial charge in [0.05, 0.1) is 0 Å². The first kappa shape index (κ1) is 19.4. The summed E-state index contributed by atoms with van der Waals surface area (Å²) in [5, 5.41) is 30.2. The lowest BCUT2D eigenvalue weighted by atomic mass is 10.1. The van der Waals surface area contributed by atoms with E-state index in [1.807, 2.05) is 0 Å². The molecule has 1 amide bonds. The van der Waals surface area contributed by atoms with E-state index in [9.17, 15) is 19.7 Å². The molecule has 0 aromatic heterocycles. The lowest BCUT2D eigenvalue weighted by Crippen LogP contribution is -2.44. The summed E-state index contributed by atoms with van der Waals surface area (Å²) >= 11 is 0. The van der Waals surface area contributed by atoms with E-state index in [1.54, 1.807) is 26.2 Å². The van der Waals surface area contributed by atoms with Gasteiger partial charge in [-0.05, 0) is 33.6 Å². The van der Waals surface area contributed by atoms with Crippen LogP contribution in [-0.4, -0.2) is 46.3 Å². The zero-order valence-electron chi connectivity index (χ0n) is 12.6. The van der Waals surface area contributed by atoms with Crippen molar-refractivity contribution in [2.75, 3.05) is 6.54 Å². The zero-order chi connectivity index (χ0) is 17.3. The molecule has 0 unspecified atom stereocenters. The number of carboxylic acid groups (broad SMARTS) is 1. The molecule has 0 bridgehead atoms. The minimum absolute atomic E-state index is 0.0109. The van der Waals surface area contributed by atoms with Gasteiger partial charge in [-0.1, -0.05) is 0 Å². The van der Waals surface area contributed by atoms with Gasteiger partial charge in [-0.2, -0.15) is 0 Å². The number of hydrogen-bond acceptors (Lipinski definition) is 6. The van der Waals surface area contributed by atoms with Crippen molar-refractivity contribution in [1.29, 1.82) is 5.41 Å². The molecule has 5 N–H and O–H groups in total. The summed E-state index contributed by atoms with van der Waals surface area (Å²) in [6.45, 7) is 5.20. The van der Waals surface area contributed by atoms with Crippen LogP contribution in [0.5, 0.6) is 0 Å². The average Bonchev–Trinajstić information content (AvgIpc) is 2.29. The van der Waals surface area contributed by atoms with Crippen molar-refractivity contribution < 1.29 is 24.5 Å². The number of ether oxygens (including phenoxy) is 1. The normalized spacial score (nSPS) is 12.0. The van der Waals surface area contributed by atoms with Crippen LogP contribution in [0.2, 0.25) is 0 Å². The summed E-state index contributed by atoms with van der Waals surface area (Å²) in [4.78, 5) is 32.3. The Kier molecular flexibility index (Phi) is 7.63. The predicted octanol–water partition coefficient (Wildman–Crippen LogP) is 0.0502. The Morgan fingerprint density at radius 2 is 2.00 bits per heavy atom. The summed E-state index contributed by atoms with van der Waals surface area (Å²) in [7, 11) is 0. The first-order valence-electron chi connectivity index (χ1n) is 6.47. The smallest absolute Gasteiger partial charge is 0.414 e. The number of rotatable bonds is 7. The lowest BCUT2D eigenvalue weighted by molar-refractivity contribution is -0.549. The van der Waals surface area contributed by atoms with Crippen LogP contribution in [0.4, 0.5) is 4.79 Å². The second-order valence-corrected chi connectivity index (χ2v) is 5.35. The van der Waals surface area contributed by atoms with Gasteiger partial charge in [-0.25, -0.2) is 19.7 Å². The molecule has 0 radical (unpaired) electrons. The first-order chi connectivity index (χ1) is 10.0. The van der Waals surface area contributed by atoms with Crippen molar-refractivity contribution in [2.45, 2.75) is 45.3 Å². The zero-order valence-corrected chi connectivity index (χ0v) is 12.6. The fourth-order valence-electron chi connectivity index (χ4n) is 1.34. The second kappa shape index (κ2) is 8.64. The summed E-state index contributed by atoms with van der Waals surface area (Å²) in [6.07, 6.45) is -0.553. The van der Waals surface area contributed by atoms with E-state index in [0.29, 0.717) is 0 Å². The van der Waals surface area contributed by atoms with Gasteiger partial charge in [0.25, 0.3) is 0 Å². The molecule has 0 heterocycles. The second-order valence-electron chi connectivity index (χ2n) is 5.35. The molecule has 0 aromatic carbocycles.